The molecular weight excluding hydrogens is 396 g/mol. The highest BCUT2D eigenvalue weighted by atomic mass is 35.5. The lowest BCUT2D eigenvalue weighted by Crippen LogP contribution is -2.44. The monoisotopic (exact) mass is 420 g/mol. The van der Waals surface area contributed by atoms with Gasteiger partial charge in [0.15, 0.2) is 0 Å². The van der Waals surface area contributed by atoms with Crippen molar-refractivity contribution in [2.24, 2.45) is 5.73 Å². The van der Waals surface area contributed by atoms with Gasteiger partial charge in [-0.2, -0.15) is 0 Å². The van der Waals surface area contributed by atoms with E-state index in [0.717, 1.165) is 41.0 Å². The minimum absolute atomic E-state index is 0.00666. The number of amides is 2. The second kappa shape index (κ2) is 7.92. The van der Waals surface area contributed by atoms with Gasteiger partial charge in [0.05, 0.1) is 0 Å². The molecule has 1 unspecified atom stereocenters. The molecule has 4 nitrogen and oxygen atoms in total. The number of carbonyl (C=O) groups excluding carboxylic acids is 2. The van der Waals surface area contributed by atoms with Gasteiger partial charge >= 0.3 is 0 Å². The zero-order chi connectivity index (χ0) is 21.5. The fourth-order valence-corrected chi connectivity index (χ4v) is 5.32. The fourth-order valence-electron chi connectivity index (χ4n) is 4.93. The largest absolute Gasteiger partial charge is 0.366 e. The van der Waals surface area contributed by atoms with Gasteiger partial charge in [-0.3, -0.25) is 9.59 Å². The van der Waals surface area contributed by atoms with Gasteiger partial charge in [-0.1, -0.05) is 29.8 Å². The number of hydrogen-bond acceptors (Lipinski definition) is 2. The van der Waals surface area contributed by atoms with Crippen molar-refractivity contribution in [2.45, 2.75) is 37.5 Å². The number of rotatable bonds is 3. The smallest absolute Gasteiger partial charge is 0.248 e. The number of hydrogen-bond donors (Lipinski definition) is 1. The summed E-state index contributed by atoms with van der Waals surface area (Å²) in [4.78, 5) is 25.9. The van der Waals surface area contributed by atoms with Crippen molar-refractivity contribution in [3.8, 4) is 0 Å². The molecule has 1 atom stereocenters. The average molecular weight is 421 g/mol. The maximum atomic E-state index is 12.8. The first-order valence-electron chi connectivity index (χ1n) is 10.2. The molecule has 1 spiro atoms. The molecule has 1 aliphatic carbocycles. The molecule has 1 heterocycles. The predicted octanol–water partition coefficient (Wildman–Crippen LogP) is 4.52. The Morgan fingerprint density at radius 1 is 1.23 bits per heavy atom. The number of benzene rings is 2. The molecule has 2 aromatic carbocycles. The molecule has 2 aromatic rings. The molecule has 154 valence electrons. The van der Waals surface area contributed by atoms with Gasteiger partial charge < -0.3 is 10.6 Å². The minimum Gasteiger partial charge on any atom is -0.366 e. The number of nitrogens with zero attached hydrogens (tertiary/aromatic N) is 1. The average Bonchev–Trinajstić information content (AvgIpc) is 2.99. The Morgan fingerprint density at radius 3 is 2.63 bits per heavy atom. The number of nitrogens with two attached hydrogens (primary N) is 1. The van der Waals surface area contributed by atoms with E-state index < -0.39 is 5.91 Å². The summed E-state index contributed by atoms with van der Waals surface area (Å²) in [5.41, 5.74) is 9.88. The number of carbonyl (C=O) groups is 2. The van der Waals surface area contributed by atoms with Crippen LogP contribution in [0.15, 0.2) is 42.5 Å². The first-order valence-corrected chi connectivity index (χ1v) is 10.6. The van der Waals surface area contributed by atoms with Crippen LogP contribution < -0.4 is 5.73 Å². The van der Waals surface area contributed by atoms with Crippen LogP contribution in [-0.4, -0.2) is 29.8 Å². The van der Waals surface area contributed by atoms with E-state index >= 15 is 0 Å². The Bertz CT molecular complexity index is 1040. The molecule has 1 aliphatic heterocycles. The van der Waals surface area contributed by atoms with Gasteiger partial charge in [-0.15, -0.1) is 0 Å². The molecule has 4 rings (SSSR count). The number of aryl methyl sites for hydroxylation is 1. The van der Waals surface area contributed by atoms with E-state index in [1.54, 1.807) is 24.3 Å². The Morgan fingerprint density at radius 2 is 1.97 bits per heavy atom. The maximum Gasteiger partial charge on any atom is 0.248 e. The molecule has 0 aromatic heterocycles. The van der Waals surface area contributed by atoms with Crippen LogP contribution in [0, 0.1) is 13.8 Å². The van der Waals surface area contributed by atoms with Crippen LogP contribution in [0.1, 0.15) is 57.8 Å². The standard InChI is InChI=1S/C25H25ClN2O2/c1-16-14-19(24(27)30)7-6-18(16)8-9-22(29)28-12-10-25(11-13-28)15-17(2)20-4-3-5-21(26)23(20)25/h2-9,14,17H,10-13,15H2,1H3,(H2,27,30)/b9-8+. The van der Waals surface area contributed by atoms with E-state index in [0.29, 0.717) is 18.7 Å². The quantitative estimate of drug-likeness (QED) is 0.742. The van der Waals surface area contributed by atoms with Gasteiger partial charge in [-0.05, 0) is 85.6 Å². The third-order valence-corrected chi connectivity index (χ3v) is 6.89. The van der Waals surface area contributed by atoms with Crippen molar-refractivity contribution in [1.29, 1.82) is 0 Å². The van der Waals surface area contributed by atoms with Crippen LogP contribution in [0.4, 0.5) is 0 Å². The molecule has 2 N–H and O–H groups in total. The molecule has 2 aliphatic rings. The highest BCUT2D eigenvalue weighted by Crippen LogP contribution is 2.53. The molecular formula is C25H25ClN2O2. The normalized spacial score (nSPS) is 20.0. The third kappa shape index (κ3) is 3.65. The van der Waals surface area contributed by atoms with Crippen LogP contribution in [0.3, 0.4) is 0 Å². The highest BCUT2D eigenvalue weighted by molar-refractivity contribution is 6.31. The number of likely N-dealkylation sites (tertiary alicyclic amines) is 1. The molecule has 5 heteroatoms. The van der Waals surface area contributed by atoms with Crippen LogP contribution >= 0.6 is 11.6 Å². The second-order valence-corrected chi connectivity index (χ2v) is 8.80. The summed E-state index contributed by atoms with van der Waals surface area (Å²) in [6.07, 6.45) is 6.01. The lowest BCUT2D eigenvalue weighted by Gasteiger charge is -2.40. The highest BCUT2D eigenvalue weighted by Gasteiger charge is 2.45. The summed E-state index contributed by atoms with van der Waals surface area (Å²) in [6.45, 7) is 9.65. The SMILES string of the molecule is [CH]C1CC2(CCN(C(=O)/C=C/c3ccc(C(N)=O)cc3C)CC2)c2c(Cl)cccc21. The van der Waals surface area contributed by atoms with Crippen molar-refractivity contribution in [1.82, 2.24) is 4.90 Å². The topological polar surface area (TPSA) is 63.4 Å². The second-order valence-electron chi connectivity index (χ2n) is 8.39. The molecule has 0 bridgehead atoms. The lowest BCUT2D eigenvalue weighted by atomic mass is 9.73. The maximum absolute atomic E-state index is 12.8. The van der Waals surface area contributed by atoms with E-state index in [9.17, 15) is 9.59 Å². The number of halogens is 1. The van der Waals surface area contributed by atoms with Crippen LogP contribution in [-0.2, 0) is 10.2 Å². The Labute approximate surface area is 182 Å². The minimum atomic E-state index is -0.458. The van der Waals surface area contributed by atoms with Crippen molar-refractivity contribution in [3.05, 3.63) is 82.2 Å². The van der Waals surface area contributed by atoms with E-state index in [4.69, 9.17) is 24.3 Å². The third-order valence-electron chi connectivity index (χ3n) is 6.58. The van der Waals surface area contributed by atoms with E-state index in [1.807, 2.05) is 30.0 Å². The zero-order valence-electron chi connectivity index (χ0n) is 17.0. The first kappa shape index (κ1) is 20.7. The van der Waals surface area contributed by atoms with Crippen molar-refractivity contribution in [2.75, 3.05) is 13.1 Å². The van der Waals surface area contributed by atoms with Crippen LogP contribution in [0.25, 0.3) is 6.08 Å². The van der Waals surface area contributed by atoms with Crippen molar-refractivity contribution < 1.29 is 9.59 Å². The van der Waals surface area contributed by atoms with Gasteiger partial charge in [-0.25, -0.2) is 0 Å². The van der Waals surface area contributed by atoms with E-state index in [-0.39, 0.29) is 17.2 Å². The Balaban J connectivity index is 1.45. The summed E-state index contributed by atoms with van der Waals surface area (Å²) in [5, 5.41) is 0.787. The van der Waals surface area contributed by atoms with Gasteiger partial charge in [0.2, 0.25) is 11.8 Å². The van der Waals surface area contributed by atoms with Gasteiger partial charge in [0.1, 0.15) is 0 Å². The summed E-state index contributed by atoms with van der Waals surface area (Å²) >= 11 is 6.54. The Hall–Kier alpha value is -2.59. The number of fused-ring (bicyclic) bond motifs is 2. The fraction of sp³-hybridized carbons (Fsp3) is 0.320. The summed E-state index contributed by atoms with van der Waals surface area (Å²) in [7, 11) is 0. The Kier molecular flexibility index (Phi) is 5.46. The van der Waals surface area contributed by atoms with Crippen LogP contribution in [0.5, 0.6) is 0 Å². The predicted molar refractivity (Wildman–Crippen MR) is 119 cm³/mol. The zero-order valence-corrected chi connectivity index (χ0v) is 17.8. The van der Waals surface area contributed by atoms with Crippen molar-refractivity contribution in [3.63, 3.8) is 0 Å². The number of piperidine rings is 1. The van der Waals surface area contributed by atoms with E-state index in [1.165, 1.54) is 5.56 Å². The molecule has 2 amide bonds. The molecule has 0 saturated carbocycles. The lowest BCUT2D eigenvalue weighted by molar-refractivity contribution is -0.127. The van der Waals surface area contributed by atoms with Gasteiger partial charge in [0.25, 0.3) is 0 Å². The van der Waals surface area contributed by atoms with Crippen LogP contribution in [0.2, 0.25) is 5.02 Å². The molecule has 1 fully saturated rings. The summed E-state index contributed by atoms with van der Waals surface area (Å²) in [5.74, 6) is -0.461. The molecule has 30 heavy (non-hydrogen) atoms. The van der Waals surface area contributed by atoms with Gasteiger partial charge in [0, 0.05) is 35.2 Å². The summed E-state index contributed by atoms with van der Waals surface area (Å²) < 4.78 is 0. The van der Waals surface area contributed by atoms with Crippen molar-refractivity contribution >= 4 is 29.5 Å². The molecule has 2 radical (unpaired) electrons. The first-order chi connectivity index (χ1) is 14.3. The summed E-state index contributed by atoms with van der Waals surface area (Å²) in [6, 6.07) is 11.2. The molecule has 1 saturated heterocycles. The number of primary amides is 1. The van der Waals surface area contributed by atoms with E-state index in [2.05, 4.69) is 6.07 Å².